The van der Waals surface area contributed by atoms with E-state index in [1.165, 1.54) is 217 Å². The van der Waals surface area contributed by atoms with Gasteiger partial charge in [-0.15, -0.1) is 0 Å². The van der Waals surface area contributed by atoms with Crippen molar-refractivity contribution >= 4 is 0 Å². The van der Waals surface area contributed by atoms with Gasteiger partial charge in [0.05, 0.1) is 12.2 Å². The Morgan fingerprint density at radius 2 is 0.627 bits per heavy atom. The Morgan fingerprint density at radius 3 is 0.947 bits per heavy atom. The van der Waals surface area contributed by atoms with Gasteiger partial charge in [0.1, 0.15) is 0 Å². The molecule has 4 saturated carbocycles. The fourth-order valence-electron chi connectivity index (χ4n) is 15.0. The van der Waals surface area contributed by atoms with Crippen LogP contribution in [0.3, 0.4) is 0 Å². The van der Waals surface area contributed by atoms with Gasteiger partial charge in [0.2, 0.25) is 0 Å². The first-order valence-electron chi connectivity index (χ1n) is 31.5. The molecule has 0 radical (unpaired) electrons. The van der Waals surface area contributed by atoms with Crippen molar-refractivity contribution in [2.45, 2.75) is 244 Å². The van der Waals surface area contributed by atoms with Crippen LogP contribution in [0.2, 0.25) is 0 Å². The van der Waals surface area contributed by atoms with Crippen LogP contribution >= 0.6 is 0 Å². The number of hydrogen-bond donors (Lipinski definition) is 0. The van der Waals surface area contributed by atoms with Crippen molar-refractivity contribution in [2.75, 3.05) is 0 Å². The molecular weight excluding hydrogens is 933 g/mol. The van der Waals surface area contributed by atoms with Crippen molar-refractivity contribution in [2.24, 2.45) is 47.3 Å². The highest BCUT2D eigenvalue weighted by Gasteiger charge is 2.39. The van der Waals surface area contributed by atoms with Crippen molar-refractivity contribution in [1.29, 1.82) is 0 Å². The predicted octanol–water partition coefficient (Wildman–Crippen LogP) is 22.7. The monoisotopic (exact) mass is 1030 g/mol. The Kier molecular flexibility index (Phi) is 23.6. The summed E-state index contributed by atoms with van der Waals surface area (Å²) >= 11 is 0. The van der Waals surface area contributed by atoms with E-state index in [0.29, 0.717) is 23.0 Å². The van der Waals surface area contributed by atoms with E-state index in [2.05, 4.69) is 62.4 Å². The molecule has 4 fully saturated rings. The van der Waals surface area contributed by atoms with Crippen LogP contribution in [0.15, 0.2) is 84.9 Å². The Bertz CT molecular complexity index is 2050. The summed E-state index contributed by atoms with van der Waals surface area (Å²) in [6.07, 6.45) is 45.9. The van der Waals surface area contributed by atoms with Crippen molar-refractivity contribution in [3.8, 4) is 22.3 Å². The second-order valence-electron chi connectivity index (χ2n) is 24.9. The molecule has 2 atom stereocenters. The molecule has 5 heteroatoms. The topological polar surface area (TPSA) is 9.23 Å². The molecule has 4 aliphatic carbocycles. The normalized spacial score (nSPS) is 25.3. The van der Waals surface area contributed by atoms with Crippen LogP contribution in [0.4, 0.5) is 17.6 Å². The second kappa shape index (κ2) is 30.6. The summed E-state index contributed by atoms with van der Waals surface area (Å²) < 4.78 is 64.8. The van der Waals surface area contributed by atoms with E-state index >= 15 is 0 Å². The van der Waals surface area contributed by atoms with Crippen LogP contribution in [0.5, 0.6) is 0 Å². The molecule has 4 aromatic carbocycles. The van der Waals surface area contributed by atoms with Crippen LogP contribution in [0.25, 0.3) is 22.3 Å². The Balaban J connectivity index is 0.937. The van der Waals surface area contributed by atoms with Crippen LogP contribution < -0.4 is 0 Å². The summed E-state index contributed by atoms with van der Waals surface area (Å²) in [5, 5.41) is 0. The molecule has 2 unspecified atom stereocenters. The van der Waals surface area contributed by atoms with Gasteiger partial charge in [-0.2, -0.15) is 0 Å². The third-order valence-corrected chi connectivity index (χ3v) is 19.8. The molecule has 4 aromatic rings. The van der Waals surface area contributed by atoms with E-state index in [9.17, 15) is 17.6 Å². The van der Waals surface area contributed by atoms with Gasteiger partial charge >= 0.3 is 0 Å². The van der Waals surface area contributed by atoms with Gasteiger partial charge in [0, 0.05) is 0 Å². The highest BCUT2D eigenvalue weighted by molar-refractivity contribution is 5.64. The number of benzene rings is 4. The number of ether oxygens (including phenoxy) is 1. The number of halogens is 4. The molecule has 0 amide bonds. The minimum absolute atomic E-state index is 0.114. The summed E-state index contributed by atoms with van der Waals surface area (Å²) in [6, 6.07) is 25.4. The molecule has 412 valence electrons. The van der Waals surface area contributed by atoms with Gasteiger partial charge < -0.3 is 4.74 Å². The molecule has 0 saturated heterocycles. The van der Waals surface area contributed by atoms with Crippen LogP contribution in [0.1, 0.15) is 255 Å². The smallest absolute Gasteiger partial charge is 0.159 e. The Hall–Kier alpha value is -3.44. The Morgan fingerprint density at radius 1 is 0.333 bits per heavy atom. The van der Waals surface area contributed by atoms with Gasteiger partial charge in [-0.1, -0.05) is 216 Å². The summed E-state index contributed by atoms with van der Waals surface area (Å²) in [5.41, 5.74) is 5.38. The van der Waals surface area contributed by atoms with Crippen molar-refractivity contribution in [1.82, 2.24) is 0 Å². The standard InChI is InChI=1S/C70H98F4O/c1-3-5-7-9-11-13-15-17-19-51-21-25-53(26-22-51)55-29-37-59(38-30-55)69(61-41-33-57(34-42-61)63-45-47-65(71)67(73)49-63)75-70(62-43-35-58(36-44-62)64-46-48-66(72)68(74)50-64)60-39-31-56(32-40-60)54-27-23-52(24-28-54)20-18-16-14-12-10-8-6-4-2/h33-36,41-56,59-60,69-70H,3-32,37-40H2,1-2H3. The number of hydrogen-bond acceptors (Lipinski definition) is 1. The van der Waals surface area contributed by atoms with Gasteiger partial charge in [0.15, 0.2) is 23.3 Å². The molecule has 0 bridgehead atoms. The largest absolute Gasteiger partial charge is 0.365 e. The molecule has 8 rings (SSSR count). The molecule has 0 aliphatic heterocycles. The van der Waals surface area contributed by atoms with Crippen molar-refractivity contribution in [3.05, 3.63) is 119 Å². The summed E-state index contributed by atoms with van der Waals surface area (Å²) in [7, 11) is 0. The van der Waals surface area contributed by atoms with E-state index in [4.69, 9.17) is 4.74 Å². The lowest BCUT2D eigenvalue weighted by molar-refractivity contribution is -0.0934. The molecule has 0 aromatic heterocycles. The first kappa shape index (κ1) is 57.7. The summed E-state index contributed by atoms with van der Waals surface area (Å²) in [6.45, 7) is 4.60. The van der Waals surface area contributed by atoms with Crippen LogP contribution in [0, 0.1) is 70.6 Å². The zero-order chi connectivity index (χ0) is 52.2. The fraction of sp³-hybridized carbons (Fsp3) is 0.657. The molecule has 0 spiro atoms. The molecule has 75 heavy (non-hydrogen) atoms. The van der Waals surface area contributed by atoms with Crippen molar-refractivity contribution < 1.29 is 22.3 Å². The third-order valence-electron chi connectivity index (χ3n) is 19.8. The quantitative estimate of drug-likeness (QED) is 0.0407. The maximum atomic E-state index is 14.5. The highest BCUT2D eigenvalue weighted by Crippen LogP contribution is 2.51. The second-order valence-corrected chi connectivity index (χ2v) is 24.9. The first-order valence-corrected chi connectivity index (χ1v) is 31.5. The van der Waals surface area contributed by atoms with Gasteiger partial charge in [-0.05, 0) is 182 Å². The molecule has 1 nitrogen and oxygen atoms in total. The van der Waals surface area contributed by atoms with Gasteiger partial charge in [-0.25, -0.2) is 17.6 Å². The van der Waals surface area contributed by atoms with E-state index in [-0.39, 0.29) is 12.2 Å². The fourth-order valence-corrected chi connectivity index (χ4v) is 15.0. The average molecular weight is 1030 g/mol. The molecule has 0 N–H and O–H groups in total. The molecule has 4 aliphatic rings. The highest BCUT2D eigenvalue weighted by atomic mass is 19.2. The number of rotatable bonds is 28. The maximum absolute atomic E-state index is 14.5. The Labute approximate surface area is 453 Å². The zero-order valence-corrected chi connectivity index (χ0v) is 46.8. The van der Waals surface area contributed by atoms with Crippen molar-refractivity contribution in [3.63, 3.8) is 0 Å². The lowest BCUT2D eigenvalue weighted by Crippen LogP contribution is -2.31. The lowest BCUT2D eigenvalue weighted by atomic mass is 9.67. The van der Waals surface area contributed by atoms with E-state index < -0.39 is 23.3 Å². The minimum Gasteiger partial charge on any atom is -0.365 e. The molecule has 0 heterocycles. The first-order chi connectivity index (χ1) is 36.8. The summed E-state index contributed by atoms with van der Waals surface area (Å²) in [5.74, 6) is 2.52. The maximum Gasteiger partial charge on any atom is 0.159 e. The average Bonchev–Trinajstić information content (AvgIpc) is 3.45. The van der Waals surface area contributed by atoms with Crippen LogP contribution in [-0.4, -0.2) is 0 Å². The summed E-state index contributed by atoms with van der Waals surface area (Å²) in [4.78, 5) is 0. The van der Waals surface area contributed by atoms with Gasteiger partial charge in [0.25, 0.3) is 0 Å². The van der Waals surface area contributed by atoms with Gasteiger partial charge in [-0.3, -0.25) is 0 Å². The molecular formula is C70H98F4O. The number of unbranched alkanes of at least 4 members (excludes halogenated alkanes) is 14. The SMILES string of the molecule is CCCCCCCCCCC1CCC(C2CCC(C(OC(c3ccc(-c4ccc(F)c(F)c4)cc3)C3CCC(C4CCC(CCCCCCCCCC)CC4)CC3)c3ccc(-c4ccc(F)c(F)c4)cc3)CC2)CC1. The predicted molar refractivity (Wildman–Crippen MR) is 306 cm³/mol. The van der Waals surface area contributed by atoms with Crippen LogP contribution in [-0.2, 0) is 4.74 Å². The van der Waals surface area contributed by atoms with E-state index in [1.54, 1.807) is 12.1 Å². The van der Waals surface area contributed by atoms with E-state index in [1.807, 2.05) is 0 Å². The third kappa shape index (κ3) is 17.3. The lowest BCUT2D eigenvalue weighted by Gasteiger charge is -2.43. The zero-order valence-electron chi connectivity index (χ0n) is 46.8. The minimum atomic E-state index is -0.832. The van der Waals surface area contributed by atoms with E-state index in [0.717, 1.165) is 83.4 Å².